The van der Waals surface area contributed by atoms with Gasteiger partial charge in [-0.15, -0.1) is 0 Å². The monoisotopic (exact) mass is 783 g/mol. The molecular weight excluding hydrogens is 705 g/mol. The molecule has 8 aliphatic rings. The first-order valence-electron chi connectivity index (χ1n) is 23.2. The van der Waals surface area contributed by atoms with Crippen LogP contribution in [0, 0.1) is 57.2 Å². The van der Waals surface area contributed by atoms with Crippen molar-refractivity contribution >= 4 is 5.78 Å². The summed E-state index contributed by atoms with van der Waals surface area (Å²) in [6, 6.07) is 0. The number of aliphatic hydroxyl groups excluding tert-OH is 2. The van der Waals surface area contributed by atoms with Crippen LogP contribution in [-0.2, 0) is 9.53 Å². The lowest BCUT2D eigenvalue weighted by Gasteiger charge is -2.67. The zero-order valence-corrected chi connectivity index (χ0v) is 35.5. The van der Waals surface area contributed by atoms with E-state index in [9.17, 15) is 30.3 Å². The molecule has 2 aliphatic heterocycles. The fourth-order valence-corrected chi connectivity index (χ4v) is 15.8. The molecule has 8 rings (SSSR count). The second-order valence-electron chi connectivity index (χ2n) is 22.4. The number of ketones is 1. The number of rotatable bonds is 11. The summed E-state index contributed by atoms with van der Waals surface area (Å²) in [6.45, 7) is 10.8. The van der Waals surface area contributed by atoms with Crippen molar-refractivity contribution in [1.82, 2.24) is 5.32 Å². The van der Waals surface area contributed by atoms with E-state index < -0.39 is 45.9 Å². The Labute approximate surface area is 337 Å². The van der Waals surface area contributed by atoms with E-state index in [0.717, 1.165) is 82.7 Å². The van der Waals surface area contributed by atoms with Gasteiger partial charge in [-0.3, -0.25) is 4.79 Å². The van der Waals surface area contributed by atoms with Crippen LogP contribution in [0.4, 0.5) is 0 Å². The van der Waals surface area contributed by atoms with Gasteiger partial charge in [0.05, 0.1) is 35.7 Å². The van der Waals surface area contributed by atoms with Crippen molar-refractivity contribution in [2.45, 2.75) is 204 Å². The SMILES string of the molecule is C[C@](O)([C@@H]1O[C@@H]1[C@](C)(O)[C@](C)(CO)CCC1CCNC(N)C1)[C@H]1CC[C@@]2(O)C3=CC(=O)[C@H]4C[C@@H](O)CC5(CCCC5)[C@]4(C)[C@@H]3[C@@H](CCC3CCCCC3)C[C@]12C. The fraction of sp³-hybridized carbons (Fsp3) is 0.936. The van der Waals surface area contributed by atoms with E-state index >= 15 is 0 Å². The molecule has 9 nitrogen and oxygen atoms in total. The quantitative estimate of drug-likeness (QED) is 0.119. The van der Waals surface area contributed by atoms with Gasteiger partial charge in [0.2, 0.25) is 0 Å². The molecule has 2 heterocycles. The Morgan fingerprint density at radius 1 is 0.893 bits per heavy atom. The van der Waals surface area contributed by atoms with Gasteiger partial charge in [0.25, 0.3) is 0 Å². The molecule has 6 aliphatic carbocycles. The molecular formula is C47H78N2O7. The lowest BCUT2D eigenvalue weighted by Crippen LogP contribution is -2.67. The maximum atomic E-state index is 14.5. The van der Waals surface area contributed by atoms with Crippen LogP contribution in [0.15, 0.2) is 11.6 Å². The first-order chi connectivity index (χ1) is 26.4. The summed E-state index contributed by atoms with van der Waals surface area (Å²) in [5.74, 6) is 0.966. The Kier molecular flexibility index (Phi) is 10.9. The first-order valence-corrected chi connectivity index (χ1v) is 23.2. The smallest absolute Gasteiger partial charge is 0.159 e. The van der Waals surface area contributed by atoms with Crippen LogP contribution in [-0.4, -0.2) is 85.7 Å². The number of ether oxygens (including phenoxy) is 1. The number of hydrogen-bond acceptors (Lipinski definition) is 9. The van der Waals surface area contributed by atoms with Crippen molar-refractivity contribution in [3.05, 3.63) is 11.6 Å². The van der Waals surface area contributed by atoms with Crippen LogP contribution in [0.3, 0.4) is 0 Å². The third-order valence-electron chi connectivity index (χ3n) is 19.5. The van der Waals surface area contributed by atoms with E-state index in [1.165, 1.54) is 32.1 Å². The molecule has 2 unspecified atom stereocenters. The number of nitrogens with two attached hydrogens (primary N) is 1. The van der Waals surface area contributed by atoms with Crippen LogP contribution in [0.1, 0.15) is 163 Å². The van der Waals surface area contributed by atoms with Crippen molar-refractivity contribution in [2.24, 2.45) is 62.9 Å². The molecule has 1 spiro atoms. The molecule has 0 aromatic carbocycles. The van der Waals surface area contributed by atoms with E-state index in [0.29, 0.717) is 37.5 Å². The highest BCUT2D eigenvalue weighted by Gasteiger charge is 2.76. The molecule has 8 N–H and O–H groups in total. The van der Waals surface area contributed by atoms with Crippen molar-refractivity contribution in [2.75, 3.05) is 13.2 Å². The Bertz CT molecular complexity index is 1500. The van der Waals surface area contributed by atoms with Gasteiger partial charge in [-0.05, 0) is 150 Å². The number of carbonyl (C=O) groups is 1. The fourth-order valence-electron chi connectivity index (χ4n) is 15.8. The van der Waals surface area contributed by atoms with Crippen LogP contribution in [0.5, 0.6) is 0 Å². The Hall–Kier alpha value is -0.910. The summed E-state index contributed by atoms with van der Waals surface area (Å²) in [6.07, 6.45) is 19.5. The van der Waals surface area contributed by atoms with Gasteiger partial charge in [0.1, 0.15) is 12.2 Å². The van der Waals surface area contributed by atoms with Crippen LogP contribution in [0.25, 0.3) is 0 Å². The van der Waals surface area contributed by atoms with Crippen molar-refractivity contribution < 1.29 is 35.1 Å². The van der Waals surface area contributed by atoms with Crippen molar-refractivity contribution in [3.8, 4) is 0 Å². The molecule has 5 saturated carbocycles. The molecule has 2 saturated heterocycles. The number of fused-ring (bicyclic) bond motifs is 6. The average Bonchev–Trinajstić information content (AvgIpc) is 3.78. The summed E-state index contributed by atoms with van der Waals surface area (Å²) < 4.78 is 6.40. The highest BCUT2D eigenvalue weighted by molar-refractivity contribution is 5.95. The minimum atomic E-state index is -1.40. The number of hydrogen-bond donors (Lipinski definition) is 7. The summed E-state index contributed by atoms with van der Waals surface area (Å²) in [5, 5.41) is 64.0. The molecule has 15 atom stereocenters. The van der Waals surface area contributed by atoms with Crippen LogP contribution < -0.4 is 11.1 Å². The van der Waals surface area contributed by atoms with Gasteiger partial charge in [-0.1, -0.05) is 72.1 Å². The lowest BCUT2D eigenvalue weighted by atomic mass is 9.37. The van der Waals surface area contributed by atoms with Crippen LogP contribution >= 0.6 is 0 Å². The van der Waals surface area contributed by atoms with E-state index in [2.05, 4.69) is 19.2 Å². The van der Waals surface area contributed by atoms with Gasteiger partial charge in [0.15, 0.2) is 5.78 Å². The molecule has 56 heavy (non-hydrogen) atoms. The molecule has 9 heteroatoms. The van der Waals surface area contributed by atoms with Crippen molar-refractivity contribution in [3.63, 3.8) is 0 Å². The van der Waals surface area contributed by atoms with Gasteiger partial charge in [-0.2, -0.15) is 0 Å². The summed E-state index contributed by atoms with van der Waals surface area (Å²) in [5.41, 5.74) is 1.10. The first kappa shape index (κ1) is 41.8. The zero-order valence-electron chi connectivity index (χ0n) is 35.5. The predicted molar refractivity (Wildman–Crippen MR) is 217 cm³/mol. The summed E-state index contributed by atoms with van der Waals surface area (Å²) >= 11 is 0. The average molecular weight is 783 g/mol. The second-order valence-corrected chi connectivity index (χ2v) is 22.4. The Balaban J connectivity index is 1.10. The minimum Gasteiger partial charge on any atom is -0.396 e. The molecule has 7 fully saturated rings. The largest absolute Gasteiger partial charge is 0.396 e. The lowest BCUT2D eigenvalue weighted by molar-refractivity contribution is -0.193. The normalized spacial score (nSPS) is 46.9. The van der Waals surface area contributed by atoms with E-state index in [1.807, 2.05) is 19.9 Å². The molecule has 0 amide bonds. The van der Waals surface area contributed by atoms with E-state index in [-0.39, 0.29) is 53.1 Å². The van der Waals surface area contributed by atoms with E-state index in [1.54, 1.807) is 6.92 Å². The zero-order chi connectivity index (χ0) is 40.1. The third-order valence-corrected chi connectivity index (χ3v) is 19.5. The summed E-state index contributed by atoms with van der Waals surface area (Å²) in [7, 11) is 0. The van der Waals surface area contributed by atoms with Gasteiger partial charge in [-0.25, -0.2) is 0 Å². The second kappa shape index (κ2) is 14.6. The van der Waals surface area contributed by atoms with Crippen molar-refractivity contribution in [1.29, 1.82) is 0 Å². The molecule has 318 valence electrons. The number of nitrogens with one attached hydrogen (secondary N) is 1. The van der Waals surface area contributed by atoms with Gasteiger partial charge in [0, 0.05) is 16.7 Å². The van der Waals surface area contributed by atoms with Crippen LogP contribution in [0.2, 0.25) is 0 Å². The number of aliphatic hydroxyl groups is 5. The Morgan fingerprint density at radius 3 is 2.29 bits per heavy atom. The maximum Gasteiger partial charge on any atom is 0.159 e. The van der Waals surface area contributed by atoms with E-state index in [4.69, 9.17) is 10.5 Å². The number of epoxide rings is 1. The predicted octanol–water partition coefficient (Wildman–Crippen LogP) is 6.31. The third kappa shape index (κ3) is 6.31. The molecule has 0 aromatic heterocycles. The topological polar surface area (TPSA) is 169 Å². The highest BCUT2D eigenvalue weighted by Crippen LogP contribution is 2.75. The standard InChI is InChI=1S/C47H78N2O7/c1-41(28-50,20-15-30-17-22-49-37(48)23-30)45(5,54)40-39(56-40)44(4,53)36-16-21-47(55)34-25-35(52)33-24-32(51)27-46(18-9-10-19-46)43(33,3)38(34)31(26-42(36,47)2)14-13-29-11-7-6-8-12-29/h25,29-33,36-40,49-51,53-55H,6-24,26-28,48H2,1-5H3/t30?,31-,32+,33+,36-,37?,38+,39+,40-,41-,42+,43-,44+,45-,47+/m0/s1. The highest BCUT2D eigenvalue weighted by atomic mass is 16.6. The number of piperidine rings is 1. The Morgan fingerprint density at radius 2 is 1.61 bits per heavy atom. The van der Waals surface area contributed by atoms with Gasteiger partial charge < -0.3 is 41.3 Å². The number of carbonyl (C=O) groups excluding carboxylic acids is 1. The summed E-state index contributed by atoms with van der Waals surface area (Å²) in [4.78, 5) is 14.5. The molecule has 0 aromatic rings. The molecule has 0 radical (unpaired) electrons. The van der Waals surface area contributed by atoms with Gasteiger partial charge >= 0.3 is 0 Å². The number of allylic oxidation sites excluding steroid dienone is 1. The maximum absolute atomic E-state index is 14.5. The minimum absolute atomic E-state index is 0.0274. The molecule has 0 bridgehead atoms.